The minimum Gasteiger partial charge on any atom is -0.497 e. The fraction of sp³-hybridized carbons (Fsp3) is 0.0714. The highest BCUT2D eigenvalue weighted by molar-refractivity contribution is 5.82. The second-order valence-electron chi connectivity index (χ2n) is 3.70. The number of carbonyl (C=O) groups is 1. The van der Waals surface area contributed by atoms with Crippen molar-refractivity contribution in [3.63, 3.8) is 0 Å². The summed E-state index contributed by atoms with van der Waals surface area (Å²) < 4.78 is 5.09. The van der Waals surface area contributed by atoms with Gasteiger partial charge in [0.15, 0.2) is 0 Å². The average Bonchev–Trinajstić information content (AvgIpc) is 2.38. The van der Waals surface area contributed by atoms with Crippen LogP contribution in [0, 0.1) is 0 Å². The molecular weight excluding hydrogens is 214 g/mol. The largest absolute Gasteiger partial charge is 0.497 e. The molecule has 2 N–H and O–H groups in total. The van der Waals surface area contributed by atoms with Gasteiger partial charge in [0.05, 0.1) is 7.11 Å². The van der Waals surface area contributed by atoms with Crippen LogP contribution in [-0.4, -0.2) is 13.4 Å². The molecule has 2 aromatic rings. The van der Waals surface area contributed by atoms with E-state index >= 15 is 0 Å². The number of hydrogen-bond acceptors (Lipinski definition) is 3. The van der Waals surface area contributed by atoms with Gasteiger partial charge in [-0.15, -0.1) is 0 Å². The van der Waals surface area contributed by atoms with Gasteiger partial charge in [-0.1, -0.05) is 18.2 Å². The molecule has 17 heavy (non-hydrogen) atoms. The van der Waals surface area contributed by atoms with Gasteiger partial charge in [-0.3, -0.25) is 4.79 Å². The van der Waals surface area contributed by atoms with E-state index in [-0.39, 0.29) is 0 Å². The van der Waals surface area contributed by atoms with Crippen LogP contribution in [-0.2, 0) is 0 Å². The number of ether oxygens (including phenoxy) is 1. The van der Waals surface area contributed by atoms with Gasteiger partial charge in [-0.25, -0.2) is 0 Å². The zero-order valence-corrected chi connectivity index (χ0v) is 9.51. The minimum atomic E-state index is 0.632. The topological polar surface area (TPSA) is 52.3 Å². The molecule has 0 bridgehead atoms. The second-order valence-corrected chi connectivity index (χ2v) is 3.70. The lowest BCUT2D eigenvalue weighted by atomic mass is 10.0. The standard InChI is InChI=1S/C14H13NO2/c1-17-12-5-6-13(14(15)8-12)11-4-2-3-10(7-11)9-16/h2-9H,15H2,1H3. The highest BCUT2D eigenvalue weighted by Gasteiger charge is 2.04. The molecule has 0 spiro atoms. The van der Waals surface area contributed by atoms with Gasteiger partial charge in [0.1, 0.15) is 12.0 Å². The van der Waals surface area contributed by atoms with E-state index in [1.165, 1.54) is 0 Å². The van der Waals surface area contributed by atoms with E-state index in [1.54, 1.807) is 19.2 Å². The lowest BCUT2D eigenvalue weighted by Crippen LogP contribution is -1.92. The summed E-state index contributed by atoms with van der Waals surface area (Å²) in [6.45, 7) is 0. The van der Waals surface area contributed by atoms with Crippen molar-refractivity contribution in [1.29, 1.82) is 0 Å². The molecule has 0 heterocycles. The number of aldehydes is 1. The smallest absolute Gasteiger partial charge is 0.150 e. The Balaban J connectivity index is 2.48. The Morgan fingerprint density at radius 2 is 2.00 bits per heavy atom. The van der Waals surface area contributed by atoms with E-state index in [0.717, 1.165) is 23.2 Å². The van der Waals surface area contributed by atoms with Crippen LogP contribution in [0.3, 0.4) is 0 Å². The quantitative estimate of drug-likeness (QED) is 0.648. The predicted molar refractivity (Wildman–Crippen MR) is 68.2 cm³/mol. The Bertz CT molecular complexity index is 550. The first-order valence-electron chi connectivity index (χ1n) is 5.23. The molecule has 0 aliphatic rings. The molecule has 0 atom stereocenters. The molecule has 0 saturated heterocycles. The molecular formula is C14H13NO2. The first kappa shape index (κ1) is 11.2. The van der Waals surface area contributed by atoms with Crippen LogP contribution in [0.5, 0.6) is 5.75 Å². The minimum absolute atomic E-state index is 0.632. The SMILES string of the molecule is COc1ccc(-c2cccc(C=O)c2)c(N)c1. The van der Waals surface area contributed by atoms with Gasteiger partial charge in [0.2, 0.25) is 0 Å². The number of anilines is 1. The summed E-state index contributed by atoms with van der Waals surface area (Å²) in [5.41, 5.74) is 9.04. The van der Waals surface area contributed by atoms with Gasteiger partial charge in [0.25, 0.3) is 0 Å². The highest BCUT2D eigenvalue weighted by Crippen LogP contribution is 2.29. The summed E-state index contributed by atoms with van der Waals surface area (Å²) in [7, 11) is 1.60. The zero-order chi connectivity index (χ0) is 12.3. The molecule has 0 saturated carbocycles. The Morgan fingerprint density at radius 1 is 1.18 bits per heavy atom. The maximum Gasteiger partial charge on any atom is 0.150 e. The summed E-state index contributed by atoms with van der Waals surface area (Å²) >= 11 is 0. The maximum atomic E-state index is 10.7. The van der Waals surface area contributed by atoms with Crippen LogP contribution in [0.25, 0.3) is 11.1 Å². The lowest BCUT2D eigenvalue weighted by Gasteiger charge is -2.08. The second kappa shape index (κ2) is 4.70. The molecule has 0 radical (unpaired) electrons. The molecule has 86 valence electrons. The number of nitrogen functional groups attached to an aromatic ring is 1. The molecule has 0 aliphatic carbocycles. The van der Waals surface area contributed by atoms with Crippen LogP contribution >= 0.6 is 0 Å². The van der Waals surface area contributed by atoms with Crippen molar-refractivity contribution in [3.05, 3.63) is 48.0 Å². The Labute approximate surface area is 99.8 Å². The first-order valence-corrected chi connectivity index (χ1v) is 5.23. The molecule has 0 aromatic heterocycles. The van der Waals surface area contributed by atoms with Crippen molar-refractivity contribution in [2.75, 3.05) is 12.8 Å². The van der Waals surface area contributed by atoms with Crippen molar-refractivity contribution >= 4 is 12.0 Å². The highest BCUT2D eigenvalue weighted by atomic mass is 16.5. The van der Waals surface area contributed by atoms with Crippen LogP contribution in [0.1, 0.15) is 10.4 Å². The zero-order valence-electron chi connectivity index (χ0n) is 9.51. The van der Waals surface area contributed by atoms with E-state index in [4.69, 9.17) is 10.5 Å². The fourth-order valence-electron chi connectivity index (χ4n) is 1.71. The number of methoxy groups -OCH3 is 1. The van der Waals surface area contributed by atoms with E-state index in [2.05, 4.69) is 0 Å². The monoisotopic (exact) mass is 227 g/mol. The molecule has 2 rings (SSSR count). The van der Waals surface area contributed by atoms with E-state index in [9.17, 15) is 4.79 Å². The molecule has 0 fully saturated rings. The van der Waals surface area contributed by atoms with Crippen LogP contribution in [0.2, 0.25) is 0 Å². The number of rotatable bonds is 3. The Morgan fingerprint density at radius 3 is 2.65 bits per heavy atom. The summed E-state index contributed by atoms with van der Waals surface area (Å²) in [5, 5.41) is 0. The average molecular weight is 227 g/mol. The van der Waals surface area contributed by atoms with Crippen LogP contribution < -0.4 is 10.5 Å². The van der Waals surface area contributed by atoms with Gasteiger partial charge in [-0.2, -0.15) is 0 Å². The molecule has 2 aromatic carbocycles. The summed E-state index contributed by atoms with van der Waals surface area (Å²) in [6.07, 6.45) is 0.823. The van der Waals surface area contributed by atoms with Crippen molar-refractivity contribution < 1.29 is 9.53 Å². The van der Waals surface area contributed by atoms with Crippen LogP contribution in [0.4, 0.5) is 5.69 Å². The summed E-state index contributed by atoms with van der Waals surface area (Å²) in [4.78, 5) is 10.7. The Kier molecular flexibility index (Phi) is 3.10. The number of hydrogen-bond donors (Lipinski definition) is 1. The Hall–Kier alpha value is -2.29. The lowest BCUT2D eigenvalue weighted by molar-refractivity contribution is 0.112. The fourth-order valence-corrected chi connectivity index (χ4v) is 1.71. The molecule has 0 unspecified atom stereocenters. The third-order valence-electron chi connectivity index (χ3n) is 2.59. The van der Waals surface area contributed by atoms with Gasteiger partial charge < -0.3 is 10.5 Å². The summed E-state index contributed by atoms with van der Waals surface area (Å²) in [6, 6.07) is 12.8. The molecule has 3 nitrogen and oxygen atoms in total. The molecule has 3 heteroatoms. The van der Waals surface area contributed by atoms with Crippen molar-refractivity contribution in [2.45, 2.75) is 0 Å². The summed E-state index contributed by atoms with van der Waals surface area (Å²) in [5.74, 6) is 0.720. The number of benzene rings is 2. The molecule has 0 amide bonds. The van der Waals surface area contributed by atoms with Crippen molar-refractivity contribution in [2.24, 2.45) is 0 Å². The third-order valence-corrected chi connectivity index (χ3v) is 2.59. The number of nitrogens with two attached hydrogens (primary N) is 1. The van der Waals surface area contributed by atoms with E-state index < -0.39 is 0 Å². The van der Waals surface area contributed by atoms with Gasteiger partial charge in [0, 0.05) is 22.9 Å². The first-order chi connectivity index (χ1) is 8.24. The van der Waals surface area contributed by atoms with Gasteiger partial charge >= 0.3 is 0 Å². The van der Waals surface area contributed by atoms with Gasteiger partial charge in [-0.05, 0) is 23.8 Å². The predicted octanol–water partition coefficient (Wildman–Crippen LogP) is 2.76. The normalized spacial score (nSPS) is 9.94. The van der Waals surface area contributed by atoms with Crippen molar-refractivity contribution in [1.82, 2.24) is 0 Å². The maximum absolute atomic E-state index is 10.7. The molecule has 0 aliphatic heterocycles. The van der Waals surface area contributed by atoms with Crippen molar-refractivity contribution in [3.8, 4) is 16.9 Å². The van der Waals surface area contributed by atoms with E-state index in [1.807, 2.05) is 30.3 Å². The third kappa shape index (κ3) is 2.28. The van der Waals surface area contributed by atoms with Crippen LogP contribution in [0.15, 0.2) is 42.5 Å². The number of carbonyl (C=O) groups excluding carboxylic acids is 1. The van der Waals surface area contributed by atoms with E-state index in [0.29, 0.717) is 11.3 Å².